The maximum absolute atomic E-state index is 12.8. The number of aromatic amines is 1. The number of H-pyrrole nitrogens is 1. The molecule has 0 unspecified atom stereocenters. The van der Waals surface area contributed by atoms with Crippen molar-refractivity contribution < 1.29 is 19.4 Å². The second kappa shape index (κ2) is 9.32. The Hall–Kier alpha value is -4.52. The number of nitrogens with one attached hydrogen (secondary N) is 1. The number of benzene rings is 3. The molecule has 0 aliphatic rings. The number of allylic oxidation sites excluding steroid dienone is 1. The predicted octanol–water partition coefficient (Wildman–Crippen LogP) is 4.45. The van der Waals surface area contributed by atoms with E-state index in [9.17, 15) is 14.7 Å². The zero-order chi connectivity index (χ0) is 23.4. The number of carbonyl (C=O) groups excluding carboxylic acids is 1. The van der Waals surface area contributed by atoms with Gasteiger partial charge in [0, 0.05) is 11.8 Å². The summed E-state index contributed by atoms with van der Waals surface area (Å²) in [6.07, 6.45) is 4.74. The van der Waals surface area contributed by atoms with Gasteiger partial charge in [-0.2, -0.15) is 0 Å². The molecule has 0 saturated heterocycles. The topological polar surface area (TPSA) is 93.6 Å². The molecule has 0 aliphatic carbocycles. The minimum absolute atomic E-state index is 0.108. The molecular weight excluding hydrogens is 420 g/mol. The Labute approximate surface area is 190 Å². The fraction of sp³-hybridized carbons (Fsp3) is 0.0769. The summed E-state index contributed by atoms with van der Waals surface area (Å²) < 4.78 is 11.8. The summed E-state index contributed by atoms with van der Waals surface area (Å²) in [5, 5.41) is 10.0. The van der Waals surface area contributed by atoms with Crippen molar-refractivity contribution in [2.75, 3.05) is 14.2 Å². The summed E-state index contributed by atoms with van der Waals surface area (Å²) in [4.78, 5) is 28.2. The highest BCUT2D eigenvalue weighted by molar-refractivity contribution is 6.07. The van der Waals surface area contributed by atoms with Crippen molar-refractivity contribution in [1.82, 2.24) is 9.55 Å². The molecule has 0 amide bonds. The highest BCUT2D eigenvalue weighted by Crippen LogP contribution is 2.37. The molecule has 1 heterocycles. The van der Waals surface area contributed by atoms with Crippen LogP contribution in [0.1, 0.15) is 15.9 Å². The molecule has 0 fully saturated rings. The van der Waals surface area contributed by atoms with Crippen molar-refractivity contribution in [2.24, 2.45) is 0 Å². The van der Waals surface area contributed by atoms with Gasteiger partial charge in [-0.05, 0) is 41.5 Å². The summed E-state index contributed by atoms with van der Waals surface area (Å²) in [6.45, 7) is 0. The average Bonchev–Trinajstić information content (AvgIpc) is 3.25. The molecule has 0 bridgehead atoms. The Morgan fingerprint density at radius 3 is 2.33 bits per heavy atom. The Morgan fingerprint density at radius 2 is 1.67 bits per heavy atom. The Morgan fingerprint density at radius 1 is 0.970 bits per heavy atom. The second-order valence-corrected chi connectivity index (χ2v) is 7.23. The van der Waals surface area contributed by atoms with Crippen molar-refractivity contribution in [3.05, 3.63) is 101 Å². The van der Waals surface area contributed by atoms with E-state index in [4.69, 9.17) is 9.47 Å². The largest absolute Gasteiger partial charge is 0.502 e. The first-order valence-electron chi connectivity index (χ1n) is 10.1. The van der Waals surface area contributed by atoms with E-state index in [1.54, 1.807) is 48.7 Å². The van der Waals surface area contributed by atoms with Crippen molar-refractivity contribution in [3.63, 3.8) is 0 Å². The van der Waals surface area contributed by atoms with Crippen LogP contribution in [0.15, 0.2) is 83.8 Å². The van der Waals surface area contributed by atoms with Gasteiger partial charge in [0.25, 0.3) is 0 Å². The van der Waals surface area contributed by atoms with Crippen molar-refractivity contribution in [2.45, 2.75) is 0 Å². The molecule has 33 heavy (non-hydrogen) atoms. The third kappa shape index (κ3) is 4.57. The maximum atomic E-state index is 12.8. The van der Waals surface area contributed by atoms with E-state index in [0.717, 1.165) is 5.56 Å². The van der Waals surface area contributed by atoms with Gasteiger partial charge in [0.05, 0.1) is 25.6 Å². The molecule has 0 spiro atoms. The molecule has 166 valence electrons. The Kier molecular flexibility index (Phi) is 6.13. The molecule has 7 heteroatoms. The summed E-state index contributed by atoms with van der Waals surface area (Å²) in [6, 6.07) is 19.6. The minimum atomic E-state index is -0.294. The van der Waals surface area contributed by atoms with Crippen molar-refractivity contribution in [1.29, 1.82) is 0 Å². The average molecular weight is 442 g/mol. The molecular formula is C26H22N2O5. The SMILES string of the molecule is COc1cc(C=CC(=O)c2cccc(-n3cc(-c4ccccc4)[nH]c3=O)c2)cc(OC)c1O. The summed E-state index contributed by atoms with van der Waals surface area (Å²) >= 11 is 0. The van der Waals surface area contributed by atoms with E-state index in [0.29, 0.717) is 22.5 Å². The quantitative estimate of drug-likeness (QED) is 0.326. The van der Waals surface area contributed by atoms with Gasteiger partial charge < -0.3 is 19.6 Å². The van der Waals surface area contributed by atoms with E-state index in [1.165, 1.54) is 24.9 Å². The normalized spacial score (nSPS) is 11.0. The van der Waals surface area contributed by atoms with Gasteiger partial charge in [-0.3, -0.25) is 9.36 Å². The van der Waals surface area contributed by atoms with Crippen LogP contribution in [0, 0.1) is 0 Å². The van der Waals surface area contributed by atoms with Crippen LogP contribution in [0.4, 0.5) is 0 Å². The van der Waals surface area contributed by atoms with Crippen LogP contribution in [0.3, 0.4) is 0 Å². The number of hydrogen-bond donors (Lipinski definition) is 2. The van der Waals surface area contributed by atoms with Gasteiger partial charge in [-0.1, -0.05) is 48.5 Å². The van der Waals surface area contributed by atoms with Gasteiger partial charge in [0.15, 0.2) is 17.3 Å². The number of aromatic nitrogens is 2. The molecule has 4 aromatic rings. The Bertz CT molecular complexity index is 1360. The van der Waals surface area contributed by atoms with Crippen LogP contribution in [0.5, 0.6) is 17.2 Å². The fourth-order valence-electron chi connectivity index (χ4n) is 3.44. The molecule has 0 radical (unpaired) electrons. The molecule has 0 saturated carbocycles. The lowest BCUT2D eigenvalue weighted by Gasteiger charge is -2.09. The van der Waals surface area contributed by atoms with Crippen LogP contribution in [0.25, 0.3) is 23.0 Å². The summed E-state index contributed by atoms with van der Waals surface area (Å²) in [5.74, 6) is 0.131. The second-order valence-electron chi connectivity index (χ2n) is 7.23. The zero-order valence-electron chi connectivity index (χ0n) is 18.1. The highest BCUT2D eigenvalue weighted by Gasteiger charge is 2.12. The molecule has 1 aromatic heterocycles. The number of hydrogen-bond acceptors (Lipinski definition) is 5. The third-order valence-corrected chi connectivity index (χ3v) is 5.14. The van der Waals surface area contributed by atoms with Crippen LogP contribution in [-0.4, -0.2) is 34.7 Å². The van der Waals surface area contributed by atoms with Gasteiger partial charge >= 0.3 is 5.69 Å². The van der Waals surface area contributed by atoms with Crippen LogP contribution < -0.4 is 15.2 Å². The first-order chi connectivity index (χ1) is 16.0. The summed E-state index contributed by atoms with van der Waals surface area (Å²) in [5.41, 5.74) is 2.91. The Balaban J connectivity index is 1.61. The molecule has 0 aliphatic heterocycles. The number of nitrogens with zero attached hydrogens (tertiary/aromatic N) is 1. The minimum Gasteiger partial charge on any atom is -0.502 e. The smallest absolute Gasteiger partial charge is 0.330 e. The predicted molar refractivity (Wildman–Crippen MR) is 126 cm³/mol. The number of aromatic hydroxyl groups is 1. The number of methoxy groups -OCH3 is 2. The van der Waals surface area contributed by atoms with E-state index < -0.39 is 0 Å². The lowest BCUT2D eigenvalue weighted by atomic mass is 10.1. The maximum Gasteiger partial charge on any atom is 0.330 e. The van der Waals surface area contributed by atoms with E-state index in [1.807, 2.05) is 30.3 Å². The van der Waals surface area contributed by atoms with Gasteiger partial charge in [0.2, 0.25) is 5.75 Å². The van der Waals surface area contributed by atoms with Gasteiger partial charge in [-0.15, -0.1) is 0 Å². The monoisotopic (exact) mass is 442 g/mol. The van der Waals surface area contributed by atoms with Gasteiger partial charge in [0.1, 0.15) is 0 Å². The number of ketones is 1. The van der Waals surface area contributed by atoms with E-state index in [-0.39, 0.29) is 28.7 Å². The number of carbonyl (C=O) groups is 1. The number of rotatable bonds is 7. The fourth-order valence-corrected chi connectivity index (χ4v) is 3.44. The van der Waals surface area contributed by atoms with Crippen molar-refractivity contribution in [3.8, 4) is 34.2 Å². The van der Waals surface area contributed by atoms with Crippen LogP contribution >= 0.6 is 0 Å². The van der Waals surface area contributed by atoms with E-state index in [2.05, 4.69) is 4.98 Å². The third-order valence-electron chi connectivity index (χ3n) is 5.14. The lowest BCUT2D eigenvalue weighted by molar-refractivity contribution is 0.104. The first kappa shape index (κ1) is 21.7. The molecule has 4 rings (SSSR count). The van der Waals surface area contributed by atoms with Crippen LogP contribution in [0.2, 0.25) is 0 Å². The zero-order valence-corrected chi connectivity index (χ0v) is 18.1. The number of phenols is 1. The van der Waals surface area contributed by atoms with Crippen LogP contribution in [-0.2, 0) is 0 Å². The van der Waals surface area contributed by atoms with Gasteiger partial charge in [-0.25, -0.2) is 4.79 Å². The number of imidazole rings is 1. The lowest BCUT2D eigenvalue weighted by Crippen LogP contribution is -2.14. The molecule has 0 atom stereocenters. The molecule has 3 aromatic carbocycles. The highest BCUT2D eigenvalue weighted by atomic mass is 16.5. The summed E-state index contributed by atoms with van der Waals surface area (Å²) in [7, 11) is 2.87. The number of phenolic OH excluding ortho intramolecular Hbond substituents is 1. The molecule has 2 N–H and O–H groups in total. The standard InChI is InChI=1S/C26H22N2O5/c1-32-23-13-17(14-24(33-2)25(23)30)11-12-22(29)19-9-6-10-20(15-19)28-16-21(27-26(28)31)18-7-4-3-5-8-18/h3-16,30H,1-2H3,(H,27,31). The first-order valence-corrected chi connectivity index (χ1v) is 10.1. The molecule has 7 nitrogen and oxygen atoms in total. The van der Waals surface area contributed by atoms with Crippen molar-refractivity contribution >= 4 is 11.9 Å². The van der Waals surface area contributed by atoms with E-state index >= 15 is 0 Å². The number of ether oxygens (including phenoxy) is 2.